The number of hydrogen-bond acceptors (Lipinski definition) is 6. The van der Waals surface area contributed by atoms with Crippen LogP contribution in [0.15, 0.2) is 66.0 Å². The van der Waals surface area contributed by atoms with Gasteiger partial charge in [-0.25, -0.2) is 0 Å². The minimum Gasteiger partial charge on any atom is -0.361 e. The van der Waals surface area contributed by atoms with Gasteiger partial charge in [0.05, 0.1) is 11.0 Å². The van der Waals surface area contributed by atoms with Gasteiger partial charge in [0.15, 0.2) is 0 Å². The van der Waals surface area contributed by atoms with Crippen LogP contribution in [0, 0.1) is 10.1 Å². The highest BCUT2D eigenvalue weighted by molar-refractivity contribution is 7.10. The lowest BCUT2D eigenvalue weighted by molar-refractivity contribution is -0.383. The summed E-state index contributed by atoms with van der Waals surface area (Å²) in [5.74, 6) is -1.78. The van der Waals surface area contributed by atoms with Crippen molar-refractivity contribution in [1.29, 1.82) is 0 Å². The molecule has 1 aliphatic heterocycles. The predicted molar refractivity (Wildman–Crippen MR) is 119 cm³/mol. The molecule has 1 atom stereocenters. The zero-order chi connectivity index (χ0) is 21.8. The zero-order valence-electron chi connectivity index (χ0n) is 16.5. The van der Waals surface area contributed by atoms with Gasteiger partial charge < -0.3 is 15.5 Å². The lowest BCUT2D eigenvalue weighted by Crippen LogP contribution is -2.41. The second-order valence-electron chi connectivity index (χ2n) is 7.04. The molecule has 158 valence electrons. The van der Waals surface area contributed by atoms with Crippen molar-refractivity contribution in [3.05, 3.63) is 86.6 Å². The second kappa shape index (κ2) is 8.97. The van der Waals surface area contributed by atoms with Crippen LogP contribution in [-0.4, -0.2) is 29.8 Å². The van der Waals surface area contributed by atoms with E-state index in [4.69, 9.17) is 0 Å². The molecule has 2 N–H and O–H groups in total. The fourth-order valence-electron chi connectivity index (χ4n) is 3.72. The fraction of sp³-hybridized carbons (Fsp3) is 0.182. The van der Waals surface area contributed by atoms with E-state index in [1.165, 1.54) is 23.8 Å². The molecule has 1 aliphatic rings. The van der Waals surface area contributed by atoms with Crippen LogP contribution in [0.3, 0.4) is 0 Å². The predicted octanol–water partition coefficient (Wildman–Crippen LogP) is 3.52. The number of fused-ring (bicyclic) bond motifs is 1. The van der Waals surface area contributed by atoms with Crippen LogP contribution in [0.25, 0.3) is 0 Å². The average molecular weight is 436 g/mol. The second-order valence-corrected chi connectivity index (χ2v) is 8.02. The van der Waals surface area contributed by atoms with Gasteiger partial charge in [-0.3, -0.25) is 19.7 Å². The molecule has 8 nitrogen and oxygen atoms in total. The molecule has 2 aromatic carbocycles. The van der Waals surface area contributed by atoms with E-state index in [9.17, 15) is 19.7 Å². The smallest absolute Gasteiger partial charge is 0.313 e. The first-order valence-electron chi connectivity index (χ1n) is 9.75. The monoisotopic (exact) mass is 436 g/mol. The van der Waals surface area contributed by atoms with E-state index in [1.807, 2.05) is 29.6 Å². The van der Waals surface area contributed by atoms with Crippen LogP contribution in [0.5, 0.6) is 0 Å². The van der Waals surface area contributed by atoms with E-state index in [2.05, 4.69) is 27.7 Å². The molecule has 0 unspecified atom stereocenters. The number of rotatable bonds is 6. The molecule has 0 fully saturated rings. The maximum absolute atomic E-state index is 12.5. The first-order chi connectivity index (χ1) is 15.0. The number of thiophene rings is 1. The first-order valence-corrected chi connectivity index (χ1v) is 10.6. The van der Waals surface area contributed by atoms with Crippen molar-refractivity contribution in [2.45, 2.75) is 12.5 Å². The third-order valence-electron chi connectivity index (χ3n) is 5.18. The first kappa shape index (κ1) is 20.5. The molecule has 0 bridgehead atoms. The van der Waals surface area contributed by atoms with Crippen molar-refractivity contribution in [3.8, 4) is 0 Å². The number of hydrogen-bond donors (Lipinski definition) is 2. The standard InChI is InChI=1S/C22H20N4O4S/c27-21(22(28)24-16-7-2-4-9-18(16)26(29)30)23-14-19(20-10-5-13-31-20)25-12-11-15-6-1-3-8-17(15)25/h1-10,13,19H,11-12,14H2,(H,23,27)(H,24,28)/t19-/m1/s1. The number of anilines is 2. The topological polar surface area (TPSA) is 105 Å². The minimum atomic E-state index is -0.943. The summed E-state index contributed by atoms with van der Waals surface area (Å²) < 4.78 is 0. The SMILES string of the molecule is O=C(NC[C@H](c1cccs1)N1CCc2ccccc21)C(=O)Nc1ccccc1[N+](=O)[O-]. The molecule has 2 amide bonds. The van der Waals surface area contributed by atoms with Gasteiger partial charge in [-0.15, -0.1) is 11.3 Å². The number of nitrogens with one attached hydrogen (secondary N) is 2. The third kappa shape index (κ3) is 4.41. The molecule has 0 aliphatic carbocycles. The number of amides is 2. The van der Waals surface area contributed by atoms with Crippen LogP contribution >= 0.6 is 11.3 Å². The number of carbonyl (C=O) groups excluding carboxylic acids is 2. The van der Waals surface area contributed by atoms with E-state index >= 15 is 0 Å². The Bertz CT molecular complexity index is 1120. The number of benzene rings is 2. The van der Waals surface area contributed by atoms with Crippen LogP contribution < -0.4 is 15.5 Å². The summed E-state index contributed by atoms with van der Waals surface area (Å²) in [6.45, 7) is 1.05. The van der Waals surface area contributed by atoms with Gasteiger partial charge in [0.25, 0.3) is 5.69 Å². The Hall–Kier alpha value is -3.72. The molecule has 31 heavy (non-hydrogen) atoms. The van der Waals surface area contributed by atoms with E-state index in [0.29, 0.717) is 0 Å². The molecule has 2 heterocycles. The molecule has 0 saturated heterocycles. The Labute approximate surface area is 182 Å². The summed E-state index contributed by atoms with van der Waals surface area (Å²) in [6.07, 6.45) is 0.921. The molecule has 9 heteroatoms. The number of nitro groups is 1. The molecular formula is C22H20N4O4S. The number of para-hydroxylation sites is 3. The van der Waals surface area contributed by atoms with Crippen molar-refractivity contribution in [1.82, 2.24) is 5.32 Å². The van der Waals surface area contributed by atoms with E-state index in [-0.39, 0.29) is 24.0 Å². The molecule has 0 radical (unpaired) electrons. The summed E-state index contributed by atoms with van der Waals surface area (Å²) in [7, 11) is 0. The molecule has 1 aromatic heterocycles. The fourth-order valence-corrected chi connectivity index (χ4v) is 4.56. The summed E-state index contributed by atoms with van der Waals surface area (Å²) in [5, 5.41) is 18.1. The van der Waals surface area contributed by atoms with E-state index < -0.39 is 16.7 Å². The van der Waals surface area contributed by atoms with Gasteiger partial charge in [-0.05, 0) is 35.6 Å². The number of carbonyl (C=O) groups is 2. The molecule has 0 saturated carbocycles. The summed E-state index contributed by atoms with van der Waals surface area (Å²) in [6, 6.07) is 17.7. The van der Waals surface area contributed by atoms with Crippen LogP contribution in [0.1, 0.15) is 16.5 Å². The van der Waals surface area contributed by atoms with Crippen molar-refractivity contribution < 1.29 is 14.5 Å². The quantitative estimate of drug-likeness (QED) is 0.350. The Morgan fingerprint density at radius 2 is 1.84 bits per heavy atom. The molecule has 4 rings (SSSR count). The lowest BCUT2D eigenvalue weighted by Gasteiger charge is -2.30. The van der Waals surface area contributed by atoms with Crippen LogP contribution in [0.2, 0.25) is 0 Å². The highest BCUT2D eigenvalue weighted by Gasteiger charge is 2.29. The largest absolute Gasteiger partial charge is 0.361 e. The normalized spacial score (nSPS) is 13.4. The summed E-state index contributed by atoms with van der Waals surface area (Å²) >= 11 is 1.59. The maximum atomic E-state index is 12.5. The molecular weight excluding hydrogens is 416 g/mol. The van der Waals surface area contributed by atoms with Crippen molar-refractivity contribution in [2.75, 3.05) is 23.3 Å². The zero-order valence-corrected chi connectivity index (χ0v) is 17.3. The van der Waals surface area contributed by atoms with Gasteiger partial charge in [-0.1, -0.05) is 36.4 Å². The molecule has 0 spiro atoms. The number of nitrogens with zero attached hydrogens (tertiary/aromatic N) is 2. The highest BCUT2D eigenvalue weighted by atomic mass is 32.1. The number of nitro benzene ring substituents is 1. The van der Waals surface area contributed by atoms with Gasteiger partial charge in [0.2, 0.25) is 0 Å². The minimum absolute atomic E-state index is 0.0177. The van der Waals surface area contributed by atoms with Gasteiger partial charge >= 0.3 is 11.8 Å². The third-order valence-corrected chi connectivity index (χ3v) is 6.16. The van der Waals surface area contributed by atoms with Crippen molar-refractivity contribution in [3.63, 3.8) is 0 Å². The Morgan fingerprint density at radius 3 is 2.61 bits per heavy atom. The van der Waals surface area contributed by atoms with Crippen LogP contribution in [0.4, 0.5) is 17.1 Å². The lowest BCUT2D eigenvalue weighted by atomic mass is 10.1. The van der Waals surface area contributed by atoms with E-state index in [1.54, 1.807) is 17.4 Å². The summed E-state index contributed by atoms with van der Waals surface area (Å²) in [5.41, 5.74) is 2.09. The molecule has 3 aromatic rings. The summed E-state index contributed by atoms with van der Waals surface area (Å²) in [4.78, 5) is 38.6. The average Bonchev–Trinajstić information content (AvgIpc) is 3.45. The van der Waals surface area contributed by atoms with Gasteiger partial charge in [0.1, 0.15) is 5.69 Å². The van der Waals surface area contributed by atoms with Crippen molar-refractivity contribution in [2.24, 2.45) is 0 Å². The van der Waals surface area contributed by atoms with E-state index in [0.717, 1.165) is 23.5 Å². The Balaban J connectivity index is 1.46. The maximum Gasteiger partial charge on any atom is 0.313 e. The van der Waals surface area contributed by atoms with Crippen LogP contribution in [-0.2, 0) is 16.0 Å². The van der Waals surface area contributed by atoms with Crippen molar-refractivity contribution >= 4 is 40.2 Å². The Kier molecular flexibility index (Phi) is 5.94. The Morgan fingerprint density at radius 1 is 1.06 bits per heavy atom. The highest BCUT2D eigenvalue weighted by Crippen LogP contribution is 2.36. The van der Waals surface area contributed by atoms with Gasteiger partial charge in [0, 0.05) is 29.7 Å². The van der Waals surface area contributed by atoms with Gasteiger partial charge in [-0.2, -0.15) is 0 Å².